The maximum atomic E-state index is 13.1. The Morgan fingerprint density at radius 3 is 2.76 bits per heavy atom. The summed E-state index contributed by atoms with van der Waals surface area (Å²) in [4.78, 5) is 29.4. The van der Waals surface area contributed by atoms with Gasteiger partial charge >= 0.3 is 0 Å². The van der Waals surface area contributed by atoms with E-state index in [0.717, 1.165) is 35.4 Å². The Morgan fingerprint density at radius 1 is 1.12 bits per heavy atom. The standard InChI is InChI=1S/C28H26N2O3S/c1-30-23-16-20(27(31)29-22-12-7-10-18-8-3-5-11-21(18)22)14-15-25(23)34-26(28(30)32)17-19-9-4-6-13-24(19)33-2/h3-6,8-9,11,13-17,22H,7,10,12H2,1-2H3,(H,29,31)/b26-17+/t22-/m1/s1. The molecule has 0 unspecified atom stereocenters. The summed E-state index contributed by atoms with van der Waals surface area (Å²) >= 11 is 1.41. The first-order chi connectivity index (χ1) is 16.5. The van der Waals surface area contributed by atoms with Crippen LogP contribution in [0.15, 0.2) is 76.5 Å². The van der Waals surface area contributed by atoms with E-state index in [-0.39, 0.29) is 17.9 Å². The third kappa shape index (κ3) is 4.21. The molecule has 0 aromatic heterocycles. The van der Waals surface area contributed by atoms with Gasteiger partial charge in [0.15, 0.2) is 0 Å². The van der Waals surface area contributed by atoms with Crippen molar-refractivity contribution in [2.75, 3.05) is 19.1 Å². The third-order valence-corrected chi connectivity index (χ3v) is 7.50. The van der Waals surface area contributed by atoms with Crippen LogP contribution in [-0.2, 0) is 11.2 Å². The first-order valence-electron chi connectivity index (χ1n) is 11.4. The second-order valence-electron chi connectivity index (χ2n) is 8.52. The molecule has 172 valence electrons. The molecule has 2 amide bonds. The van der Waals surface area contributed by atoms with Gasteiger partial charge in [0.2, 0.25) is 0 Å². The van der Waals surface area contributed by atoms with Crippen molar-refractivity contribution in [1.29, 1.82) is 0 Å². The zero-order valence-corrected chi connectivity index (χ0v) is 20.0. The Bertz CT molecular complexity index is 1300. The molecular weight excluding hydrogens is 444 g/mol. The highest BCUT2D eigenvalue weighted by Gasteiger charge is 2.28. The molecule has 34 heavy (non-hydrogen) atoms. The molecule has 1 aliphatic carbocycles. The lowest BCUT2D eigenvalue weighted by atomic mass is 9.87. The van der Waals surface area contributed by atoms with Crippen LogP contribution in [0.3, 0.4) is 0 Å². The summed E-state index contributed by atoms with van der Waals surface area (Å²) in [6.07, 6.45) is 4.89. The smallest absolute Gasteiger partial charge is 0.264 e. The average molecular weight is 471 g/mol. The number of amides is 2. The molecule has 0 bridgehead atoms. The van der Waals surface area contributed by atoms with Gasteiger partial charge < -0.3 is 15.0 Å². The molecule has 5 rings (SSSR count). The van der Waals surface area contributed by atoms with Crippen molar-refractivity contribution >= 4 is 35.3 Å². The van der Waals surface area contributed by atoms with Gasteiger partial charge in [-0.15, -0.1) is 0 Å². The summed E-state index contributed by atoms with van der Waals surface area (Å²) in [7, 11) is 3.36. The number of hydrogen-bond acceptors (Lipinski definition) is 4. The fourth-order valence-corrected chi connectivity index (χ4v) is 5.69. The molecule has 6 heteroatoms. The third-order valence-electron chi connectivity index (χ3n) is 6.42. The van der Waals surface area contributed by atoms with Gasteiger partial charge in [0.1, 0.15) is 5.75 Å². The number of methoxy groups -OCH3 is 1. The molecule has 0 fully saturated rings. The van der Waals surface area contributed by atoms with E-state index in [1.807, 2.05) is 60.7 Å². The van der Waals surface area contributed by atoms with Gasteiger partial charge in [-0.1, -0.05) is 54.2 Å². The molecule has 1 aliphatic heterocycles. The fraction of sp³-hybridized carbons (Fsp3) is 0.214. The van der Waals surface area contributed by atoms with Gasteiger partial charge in [0.05, 0.1) is 23.7 Å². The molecule has 1 N–H and O–H groups in total. The highest BCUT2D eigenvalue weighted by Crippen LogP contribution is 2.42. The Balaban J connectivity index is 1.39. The predicted molar refractivity (Wildman–Crippen MR) is 136 cm³/mol. The summed E-state index contributed by atoms with van der Waals surface area (Å²) in [5.74, 6) is 0.487. The molecule has 3 aromatic carbocycles. The number of carbonyl (C=O) groups is 2. The van der Waals surface area contributed by atoms with Crippen LogP contribution >= 0.6 is 11.8 Å². The summed E-state index contributed by atoms with van der Waals surface area (Å²) in [6, 6.07) is 21.5. The van der Waals surface area contributed by atoms with Crippen LogP contribution in [0.25, 0.3) is 6.08 Å². The van der Waals surface area contributed by atoms with Gasteiger partial charge in [0, 0.05) is 23.1 Å². The molecule has 5 nitrogen and oxygen atoms in total. The van der Waals surface area contributed by atoms with Crippen molar-refractivity contribution < 1.29 is 14.3 Å². The maximum absolute atomic E-state index is 13.1. The minimum Gasteiger partial charge on any atom is -0.496 e. The lowest BCUT2D eigenvalue weighted by Crippen LogP contribution is -2.32. The SMILES string of the molecule is COc1ccccc1/C=C1/Sc2ccc(C(=O)N[C@@H]3CCCc4ccccc43)cc2N(C)C1=O. The van der Waals surface area contributed by atoms with E-state index < -0.39 is 0 Å². The highest BCUT2D eigenvalue weighted by atomic mass is 32.2. The molecule has 0 spiro atoms. The van der Waals surface area contributed by atoms with Gasteiger partial charge in [-0.05, 0) is 60.7 Å². The summed E-state index contributed by atoms with van der Waals surface area (Å²) < 4.78 is 5.42. The number of rotatable bonds is 4. The van der Waals surface area contributed by atoms with Crippen molar-refractivity contribution in [2.45, 2.75) is 30.2 Å². The number of hydrogen-bond donors (Lipinski definition) is 1. The van der Waals surface area contributed by atoms with Gasteiger partial charge in [-0.25, -0.2) is 0 Å². The van der Waals surface area contributed by atoms with Crippen molar-refractivity contribution in [1.82, 2.24) is 5.32 Å². The van der Waals surface area contributed by atoms with Crippen LogP contribution in [0, 0.1) is 0 Å². The minimum absolute atomic E-state index is 0.0117. The van der Waals surface area contributed by atoms with E-state index in [1.54, 1.807) is 19.1 Å². The monoisotopic (exact) mass is 470 g/mol. The number of para-hydroxylation sites is 1. The van der Waals surface area contributed by atoms with Crippen LogP contribution < -0.4 is 15.0 Å². The zero-order chi connectivity index (χ0) is 23.7. The first-order valence-corrected chi connectivity index (χ1v) is 12.2. The number of ether oxygens (including phenoxy) is 1. The van der Waals surface area contributed by atoms with Crippen LogP contribution in [0.5, 0.6) is 5.75 Å². The summed E-state index contributed by atoms with van der Waals surface area (Å²) in [6.45, 7) is 0. The quantitative estimate of drug-likeness (QED) is 0.504. The van der Waals surface area contributed by atoms with Crippen LogP contribution in [0.1, 0.15) is 45.9 Å². The highest BCUT2D eigenvalue weighted by molar-refractivity contribution is 8.04. The molecule has 1 atom stereocenters. The maximum Gasteiger partial charge on any atom is 0.264 e. The lowest BCUT2D eigenvalue weighted by Gasteiger charge is -2.28. The van der Waals surface area contributed by atoms with Gasteiger partial charge in [-0.3, -0.25) is 9.59 Å². The molecule has 0 radical (unpaired) electrons. The number of likely N-dealkylation sites (N-methyl/N-ethyl adjacent to an activating group) is 1. The number of anilines is 1. The summed E-state index contributed by atoms with van der Waals surface area (Å²) in [5, 5.41) is 3.20. The van der Waals surface area contributed by atoms with E-state index in [9.17, 15) is 9.59 Å². The van der Waals surface area contributed by atoms with E-state index in [1.165, 1.54) is 22.9 Å². The van der Waals surface area contributed by atoms with Crippen molar-refractivity contribution in [3.05, 3.63) is 93.9 Å². The second-order valence-corrected chi connectivity index (χ2v) is 9.60. The Labute approximate surface area is 203 Å². The molecule has 0 saturated heterocycles. The molecule has 2 aliphatic rings. The number of nitrogens with one attached hydrogen (secondary N) is 1. The summed E-state index contributed by atoms with van der Waals surface area (Å²) in [5.41, 5.74) is 4.65. The second kappa shape index (κ2) is 9.39. The van der Waals surface area contributed by atoms with Crippen LogP contribution in [0.2, 0.25) is 0 Å². The zero-order valence-electron chi connectivity index (χ0n) is 19.2. The Morgan fingerprint density at radius 2 is 1.91 bits per heavy atom. The number of benzene rings is 3. The van der Waals surface area contributed by atoms with Crippen LogP contribution in [0.4, 0.5) is 5.69 Å². The van der Waals surface area contributed by atoms with Gasteiger partial charge in [0.25, 0.3) is 11.8 Å². The first kappa shape index (κ1) is 22.3. The number of aryl methyl sites for hydroxylation is 1. The molecule has 1 heterocycles. The Hall–Kier alpha value is -3.51. The number of nitrogens with zero attached hydrogens (tertiary/aromatic N) is 1. The number of thioether (sulfide) groups is 1. The lowest BCUT2D eigenvalue weighted by molar-refractivity contribution is -0.114. The van der Waals surface area contributed by atoms with Crippen LogP contribution in [-0.4, -0.2) is 26.0 Å². The van der Waals surface area contributed by atoms with E-state index >= 15 is 0 Å². The van der Waals surface area contributed by atoms with E-state index in [2.05, 4.69) is 17.4 Å². The minimum atomic E-state index is -0.120. The fourth-order valence-electron chi connectivity index (χ4n) is 4.61. The number of carbonyl (C=O) groups excluding carboxylic acids is 2. The van der Waals surface area contributed by atoms with E-state index in [0.29, 0.717) is 16.2 Å². The molecular formula is C28H26N2O3S. The molecule has 3 aromatic rings. The average Bonchev–Trinajstić information content (AvgIpc) is 2.87. The van der Waals surface area contributed by atoms with Crippen molar-refractivity contribution in [3.63, 3.8) is 0 Å². The number of fused-ring (bicyclic) bond motifs is 2. The van der Waals surface area contributed by atoms with E-state index in [4.69, 9.17) is 4.74 Å². The largest absolute Gasteiger partial charge is 0.496 e. The molecule has 0 saturated carbocycles. The topological polar surface area (TPSA) is 58.6 Å². The van der Waals surface area contributed by atoms with Crippen molar-refractivity contribution in [2.24, 2.45) is 0 Å². The van der Waals surface area contributed by atoms with Crippen molar-refractivity contribution in [3.8, 4) is 5.75 Å². The van der Waals surface area contributed by atoms with Gasteiger partial charge in [-0.2, -0.15) is 0 Å². The predicted octanol–water partition coefficient (Wildman–Crippen LogP) is 5.61. The Kier molecular flexibility index (Phi) is 6.16. The normalized spacial score (nSPS) is 18.3.